The van der Waals surface area contributed by atoms with E-state index in [0.717, 1.165) is 21.8 Å². The summed E-state index contributed by atoms with van der Waals surface area (Å²) in [4.78, 5) is 0. The van der Waals surface area contributed by atoms with Crippen LogP contribution in [0, 0.1) is 0 Å². The number of rotatable bonds is 2. The summed E-state index contributed by atoms with van der Waals surface area (Å²) in [7, 11) is 0. The lowest BCUT2D eigenvalue weighted by molar-refractivity contribution is -0.266. The number of halogens is 2. The van der Waals surface area contributed by atoms with Crippen LogP contribution in [0.5, 0.6) is 0 Å². The maximum atomic E-state index is 12.5. The molecule has 0 aliphatic carbocycles. The second kappa shape index (κ2) is 4.58. The van der Waals surface area contributed by atoms with E-state index in [9.17, 15) is 5.21 Å². The quantitative estimate of drug-likeness (QED) is 0.692. The average molecular weight is 376 g/mol. The molecule has 2 rings (SSSR count). The van der Waals surface area contributed by atoms with Crippen molar-refractivity contribution in [3.8, 4) is 0 Å². The lowest BCUT2D eigenvalue weighted by Gasteiger charge is -2.32. The first-order chi connectivity index (χ1) is 8.26. The molecule has 0 fully saturated rings. The molecule has 1 aliphatic rings. The van der Waals surface area contributed by atoms with E-state index < -0.39 is 11.1 Å². The monoisotopic (exact) mass is 374 g/mol. The third kappa shape index (κ3) is 1.89. The van der Waals surface area contributed by atoms with Crippen molar-refractivity contribution in [1.29, 1.82) is 0 Å². The summed E-state index contributed by atoms with van der Waals surface area (Å²) in [6, 6.07) is 4.36. The standard InChI is InChI=1S/C14H18Br2NO/c1-13(2)11-5-9(7-15)10(8-16)6-12(11)14(3,4)17(13)18/h5-6H,7-8H2,1-4H3. The van der Waals surface area contributed by atoms with Gasteiger partial charge in [-0.3, -0.25) is 0 Å². The van der Waals surface area contributed by atoms with E-state index in [0.29, 0.717) is 0 Å². The van der Waals surface area contributed by atoms with E-state index in [4.69, 9.17) is 0 Å². The van der Waals surface area contributed by atoms with Gasteiger partial charge in [0.05, 0.1) is 11.1 Å². The van der Waals surface area contributed by atoms with E-state index in [2.05, 4.69) is 44.0 Å². The minimum atomic E-state index is -0.458. The zero-order valence-electron chi connectivity index (χ0n) is 11.2. The molecule has 99 valence electrons. The normalized spacial score (nSPS) is 21.1. The van der Waals surface area contributed by atoms with Gasteiger partial charge in [0.25, 0.3) is 0 Å². The molecule has 1 aromatic rings. The number of benzene rings is 1. The molecule has 0 amide bonds. The SMILES string of the molecule is CC1(C)c2cc(CBr)c(CBr)cc2C(C)(C)N1[O]. The lowest BCUT2D eigenvalue weighted by Crippen LogP contribution is -2.41. The van der Waals surface area contributed by atoms with Gasteiger partial charge in [-0.2, -0.15) is 0 Å². The van der Waals surface area contributed by atoms with E-state index in [1.807, 2.05) is 27.7 Å². The molecule has 1 radical (unpaired) electrons. The third-order valence-corrected chi connectivity index (χ3v) is 5.17. The zero-order valence-corrected chi connectivity index (χ0v) is 14.4. The predicted octanol–water partition coefficient (Wildman–Crippen LogP) is 4.61. The molecule has 2 nitrogen and oxygen atoms in total. The lowest BCUT2D eigenvalue weighted by atomic mass is 9.87. The first kappa shape index (κ1) is 14.5. The van der Waals surface area contributed by atoms with Crippen LogP contribution < -0.4 is 0 Å². The van der Waals surface area contributed by atoms with Gasteiger partial charge < -0.3 is 0 Å². The van der Waals surface area contributed by atoms with Gasteiger partial charge >= 0.3 is 0 Å². The van der Waals surface area contributed by atoms with Crippen molar-refractivity contribution in [2.75, 3.05) is 0 Å². The Hall–Kier alpha value is 0.1000. The van der Waals surface area contributed by atoms with E-state index in [1.54, 1.807) is 0 Å². The highest BCUT2D eigenvalue weighted by atomic mass is 79.9. The first-order valence-electron chi connectivity index (χ1n) is 6.03. The summed E-state index contributed by atoms with van der Waals surface area (Å²) >= 11 is 7.05. The average Bonchev–Trinajstić information content (AvgIpc) is 2.47. The zero-order chi connectivity index (χ0) is 13.7. The highest BCUT2D eigenvalue weighted by molar-refractivity contribution is 9.09. The van der Waals surface area contributed by atoms with Gasteiger partial charge in [0, 0.05) is 10.7 Å². The van der Waals surface area contributed by atoms with Gasteiger partial charge in [0.1, 0.15) is 0 Å². The van der Waals surface area contributed by atoms with Gasteiger partial charge in [-0.15, -0.1) is 10.3 Å². The summed E-state index contributed by atoms with van der Waals surface area (Å²) in [6.07, 6.45) is 0. The van der Waals surface area contributed by atoms with E-state index in [-0.39, 0.29) is 0 Å². The Labute approximate surface area is 126 Å². The number of fused-ring (bicyclic) bond motifs is 1. The van der Waals surface area contributed by atoms with Crippen molar-refractivity contribution in [3.63, 3.8) is 0 Å². The molecule has 0 saturated heterocycles. The molecule has 1 aromatic carbocycles. The summed E-state index contributed by atoms with van der Waals surface area (Å²) < 4.78 is 0. The number of hydroxylamine groups is 2. The number of alkyl halides is 2. The Morgan fingerprint density at radius 1 is 0.944 bits per heavy atom. The molecule has 0 saturated carbocycles. The first-order valence-corrected chi connectivity index (χ1v) is 8.27. The Morgan fingerprint density at radius 2 is 1.28 bits per heavy atom. The fourth-order valence-electron chi connectivity index (χ4n) is 2.87. The summed E-state index contributed by atoms with van der Waals surface area (Å²) in [5.41, 5.74) is 3.90. The molecule has 0 atom stereocenters. The Balaban J connectivity index is 2.72. The fraction of sp³-hybridized carbons (Fsp3) is 0.571. The topological polar surface area (TPSA) is 23.1 Å². The van der Waals surface area contributed by atoms with Gasteiger partial charge in [-0.05, 0) is 49.9 Å². The van der Waals surface area contributed by atoms with E-state index in [1.165, 1.54) is 16.2 Å². The number of hydrogen-bond donors (Lipinski definition) is 0. The molecule has 1 heterocycles. The second-order valence-electron chi connectivity index (χ2n) is 5.85. The number of hydrogen-bond acceptors (Lipinski definition) is 1. The molecule has 0 unspecified atom stereocenters. The minimum Gasteiger partial charge on any atom is -0.135 e. The van der Waals surface area contributed by atoms with Crippen LogP contribution in [0.15, 0.2) is 12.1 Å². The van der Waals surface area contributed by atoms with Gasteiger partial charge in [0.15, 0.2) is 0 Å². The predicted molar refractivity (Wildman–Crippen MR) is 80.3 cm³/mol. The molecule has 18 heavy (non-hydrogen) atoms. The number of nitrogens with zero attached hydrogens (tertiary/aromatic N) is 1. The maximum absolute atomic E-state index is 12.5. The molecule has 0 aromatic heterocycles. The van der Waals surface area contributed by atoms with Crippen LogP contribution in [0.25, 0.3) is 0 Å². The highest BCUT2D eigenvalue weighted by Crippen LogP contribution is 2.49. The van der Waals surface area contributed by atoms with Crippen LogP contribution in [-0.2, 0) is 26.9 Å². The van der Waals surface area contributed by atoms with Crippen LogP contribution in [0.4, 0.5) is 0 Å². The minimum absolute atomic E-state index is 0.458. The van der Waals surface area contributed by atoms with Crippen LogP contribution >= 0.6 is 31.9 Å². The van der Waals surface area contributed by atoms with Gasteiger partial charge in [-0.1, -0.05) is 44.0 Å². The van der Waals surface area contributed by atoms with Crippen molar-refractivity contribution in [1.82, 2.24) is 5.06 Å². The molecule has 4 heteroatoms. The smallest absolute Gasteiger partial charge is 0.0699 e. The summed E-state index contributed by atoms with van der Waals surface area (Å²) in [6.45, 7) is 8.00. The molecule has 1 aliphatic heterocycles. The second-order valence-corrected chi connectivity index (χ2v) is 6.97. The fourth-order valence-corrected chi connectivity index (χ4v) is 3.91. The van der Waals surface area contributed by atoms with Crippen LogP contribution in [0.3, 0.4) is 0 Å². The molecule has 0 N–H and O–H groups in total. The Morgan fingerprint density at radius 3 is 1.56 bits per heavy atom. The summed E-state index contributed by atoms with van der Waals surface area (Å²) in [5.74, 6) is 0. The van der Waals surface area contributed by atoms with Crippen molar-refractivity contribution in [3.05, 3.63) is 34.4 Å². The van der Waals surface area contributed by atoms with Gasteiger partial charge in [-0.25, -0.2) is 0 Å². The Kier molecular flexibility index (Phi) is 3.69. The van der Waals surface area contributed by atoms with E-state index >= 15 is 0 Å². The molecular formula is C14H18Br2NO. The van der Waals surface area contributed by atoms with Crippen molar-refractivity contribution >= 4 is 31.9 Å². The van der Waals surface area contributed by atoms with Crippen molar-refractivity contribution in [2.24, 2.45) is 0 Å². The van der Waals surface area contributed by atoms with Gasteiger partial charge in [0.2, 0.25) is 0 Å². The van der Waals surface area contributed by atoms with Crippen molar-refractivity contribution < 1.29 is 5.21 Å². The van der Waals surface area contributed by atoms with Crippen LogP contribution in [0.2, 0.25) is 0 Å². The molecule has 0 spiro atoms. The molecule has 0 bridgehead atoms. The van der Waals surface area contributed by atoms with Crippen LogP contribution in [0.1, 0.15) is 49.9 Å². The third-order valence-electron chi connectivity index (χ3n) is 3.96. The largest absolute Gasteiger partial charge is 0.135 e. The highest BCUT2D eigenvalue weighted by Gasteiger charge is 2.50. The Bertz CT molecular complexity index is 440. The molecular weight excluding hydrogens is 358 g/mol. The summed E-state index contributed by atoms with van der Waals surface area (Å²) in [5, 5.41) is 15.4. The van der Waals surface area contributed by atoms with Crippen LogP contribution in [-0.4, -0.2) is 5.06 Å². The van der Waals surface area contributed by atoms with Crippen molar-refractivity contribution in [2.45, 2.75) is 49.4 Å². The maximum Gasteiger partial charge on any atom is 0.0699 e.